The molecule has 0 fully saturated rings. The van der Waals surface area contributed by atoms with Crippen molar-refractivity contribution in [3.8, 4) is 17.2 Å². The molecule has 0 saturated carbocycles. The van der Waals surface area contributed by atoms with Crippen LogP contribution in [0.2, 0.25) is 0 Å². The second kappa shape index (κ2) is 11.3. The molecular weight excluding hydrogens is 479 g/mol. The highest BCUT2D eigenvalue weighted by Gasteiger charge is 2.44. The zero-order chi connectivity index (χ0) is 26.5. The van der Waals surface area contributed by atoms with Gasteiger partial charge in [0.1, 0.15) is 5.82 Å². The van der Waals surface area contributed by atoms with E-state index in [1.54, 1.807) is 60.5 Å². The van der Waals surface area contributed by atoms with E-state index < -0.39 is 17.8 Å². The first-order valence-electron chi connectivity index (χ1n) is 11.7. The van der Waals surface area contributed by atoms with Crippen LogP contribution < -0.4 is 19.5 Å². The van der Waals surface area contributed by atoms with E-state index >= 15 is 0 Å². The van der Waals surface area contributed by atoms with E-state index in [0.717, 1.165) is 0 Å². The Hall–Kier alpha value is -4.11. The van der Waals surface area contributed by atoms with Crippen LogP contribution in [0.1, 0.15) is 33.4 Å². The fourth-order valence-corrected chi connectivity index (χ4v) is 4.71. The fourth-order valence-electron chi connectivity index (χ4n) is 4.71. The summed E-state index contributed by atoms with van der Waals surface area (Å²) in [4.78, 5) is 29.2. The van der Waals surface area contributed by atoms with E-state index in [2.05, 4.69) is 5.32 Å². The summed E-state index contributed by atoms with van der Waals surface area (Å²) in [5.41, 5.74) is 2.07. The van der Waals surface area contributed by atoms with Gasteiger partial charge in [-0.2, -0.15) is 0 Å². The van der Waals surface area contributed by atoms with Crippen LogP contribution in [0.4, 0.5) is 10.1 Å². The molecule has 8 nitrogen and oxygen atoms in total. The minimum Gasteiger partial charge on any atom is -0.493 e. The number of nitrogens with zero attached hydrogens (tertiary/aromatic N) is 1. The summed E-state index contributed by atoms with van der Waals surface area (Å²) in [6.45, 7) is 0.520. The molecule has 4 rings (SSSR count). The van der Waals surface area contributed by atoms with Crippen molar-refractivity contribution in [2.45, 2.75) is 12.0 Å². The molecule has 1 N–H and O–H groups in total. The second-order valence-electron chi connectivity index (χ2n) is 8.46. The smallest absolute Gasteiger partial charge is 0.254 e. The number of hydrogen-bond acceptors (Lipinski definition) is 6. The van der Waals surface area contributed by atoms with Crippen molar-refractivity contribution < 1.29 is 32.9 Å². The number of benzene rings is 3. The maximum absolute atomic E-state index is 14.0. The number of ether oxygens (including phenoxy) is 4. The van der Waals surface area contributed by atoms with E-state index in [-0.39, 0.29) is 25.0 Å². The van der Waals surface area contributed by atoms with Crippen LogP contribution in [0.25, 0.3) is 0 Å². The lowest BCUT2D eigenvalue weighted by Gasteiger charge is -2.41. The number of rotatable bonds is 9. The molecular formula is C28H29FN2O6. The third kappa shape index (κ3) is 5.08. The van der Waals surface area contributed by atoms with Crippen molar-refractivity contribution in [3.63, 3.8) is 0 Å². The predicted octanol–water partition coefficient (Wildman–Crippen LogP) is 4.42. The van der Waals surface area contributed by atoms with Gasteiger partial charge in [-0.1, -0.05) is 30.3 Å². The Morgan fingerprint density at radius 3 is 2.19 bits per heavy atom. The van der Waals surface area contributed by atoms with Crippen LogP contribution in [-0.4, -0.2) is 58.3 Å². The minimum atomic E-state index is -0.796. The zero-order valence-corrected chi connectivity index (χ0v) is 21.1. The number of nitrogens with one attached hydrogen (secondary N) is 1. The standard InChI is InChI=1S/C28H29FN2O6/c1-34-14-13-31-25(17-9-11-18(29)12-10-17)24(20-7-5-6-8-21(20)28(31)33)27(32)30-19-15-22(35-2)26(37-4)23(16-19)36-3/h5-12,15-16,24-25H,13-14H2,1-4H3,(H,30,32)/t24-,25-/m1/s1. The summed E-state index contributed by atoms with van der Waals surface area (Å²) >= 11 is 0. The molecule has 0 bridgehead atoms. The molecule has 1 heterocycles. The summed E-state index contributed by atoms with van der Waals surface area (Å²) in [5, 5.41) is 2.96. The molecule has 3 aromatic carbocycles. The quantitative estimate of drug-likeness (QED) is 0.461. The molecule has 1 aliphatic heterocycles. The maximum atomic E-state index is 14.0. The fraction of sp³-hybridized carbons (Fsp3) is 0.286. The summed E-state index contributed by atoms with van der Waals surface area (Å²) in [6, 6.07) is 15.4. The zero-order valence-electron chi connectivity index (χ0n) is 21.1. The van der Waals surface area contributed by atoms with Crippen molar-refractivity contribution in [2.75, 3.05) is 46.9 Å². The van der Waals surface area contributed by atoms with Crippen LogP contribution in [0.15, 0.2) is 60.7 Å². The number of halogens is 1. The lowest BCUT2D eigenvalue weighted by Crippen LogP contribution is -2.47. The first-order chi connectivity index (χ1) is 17.9. The van der Waals surface area contributed by atoms with Gasteiger partial charge in [0.05, 0.1) is 39.9 Å². The van der Waals surface area contributed by atoms with Gasteiger partial charge < -0.3 is 29.2 Å². The number of carbonyl (C=O) groups is 2. The van der Waals surface area contributed by atoms with Crippen LogP contribution in [0.5, 0.6) is 17.2 Å². The van der Waals surface area contributed by atoms with Crippen LogP contribution >= 0.6 is 0 Å². The van der Waals surface area contributed by atoms with Gasteiger partial charge in [-0.05, 0) is 29.3 Å². The third-order valence-electron chi connectivity index (χ3n) is 6.40. The Bertz CT molecular complexity index is 1250. The number of amides is 2. The number of anilines is 1. The molecule has 3 aromatic rings. The maximum Gasteiger partial charge on any atom is 0.254 e. The average Bonchev–Trinajstić information content (AvgIpc) is 2.92. The van der Waals surface area contributed by atoms with Crippen molar-refractivity contribution in [2.24, 2.45) is 0 Å². The first kappa shape index (κ1) is 26.0. The lowest BCUT2D eigenvalue weighted by molar-refractivity contribution is -0.119. The Kier molecular flexibility index (Phi) is 7.93. The van der Waals surface area contributed by atoms with E-state index in [4.69, 9.17) is 18.9 Å². The molecule has 0 saturated heterocycles. The molecule has 37 heavy (non-hydrogen) atoms. The van der Waals surface area contributed by atoms with Crippen LogP contribution in [-0.2, 0) is 9.53 Å². The topological polar surface area (TPSA) is 86.3 Å². The van der Waals surface area contributed by atoms with Gasteiger partial charge >= 0.3 is 0 Å². The minimum absolute atomic E-state index is 0.223. The Labute approximate surface area is 214 Å². The largest absolute Gasteiger partial charge is 0.493 e. The van der Waals surface area contributed by atoms with Crippen molar-refractivity contribution in [3.05, 3.63) is 83.2 Å². The van der Waals surface area contributed by atoms with E-state index in [1.165, 1.54) is 33.5 Å². The van der Waals surface area contributed by atoms with Gasteiger partial charge in [-0.3, -0.25) is 9.59 Å². The van der Waals surface area contributed by atoms with Crippen LogP contribution in [0.3, 0.4) is 0 Å². The van der Waals surface area contributed by atoms with Gasteiger partial charge in [0, 0.05) is 37.0 Å². The van der Waals surface area contributed by atoms with E-state index in [9.17, 15) is 14.0 Å². The van der Waals surface area contributed by atoms with E-state index in [0.29, 0.717) is 39.6 Å². The second-order valence-corrected chi connectivity index (χ2v) is 8.46. The predicted molar refractivity (Wildman–Crippen MR) is 136 cm³/mol. The van der Waals surface area contributed by atoms with Gasteiger partial charge in [0.2, 0.25) is 11.7 Å². The first-order valence-corrected chi connectivity index (χ1v) is 11.7. The van der Waals surface area contributed by atoms with Crippen LogP contribution in [0, 0.1) is 5.82 Å². The summed E-state index contributed by atoms with van der Waals surface area (Å²) in [7, 11) is 6.02. The SMILES string of the molecule is COCCN1C(=O)c2ccccc2[C@@H](C(=O)Nc2cc(OC)c(OC)c(OC)c2)[C@H]1c1ccc(F)cc1. The number of fused-ring (bicyclic) bond motifs is 1. The van der Waals surface area contributed by atoms with Crippen molar-refractivity contribution in [1.82, 2.24) is 4.90 Å². The summed E-state index contributed by atoms with van der Waals surface area (Å²) in [6.07, 6.45) is 0. The molecule has 194 valence electrons. The number of methoxy groups -OCH3 is 4. The Balaban J connectivity index is 1.82. The highest BCUT2D eigenvalue weighted by molar-refractivity contribution is 6.04. The molecule has 0 spiro atoms. The molecule has 0 aromatic heterocycles. The van der Waals surface area contributed by atoms with Gasteiger partial charge in [-0.15, -0.1) is 0 Å². The molecule has 2 amide bonds. The normalized spacial score (nSPS) is 16.7. The summed E-state index contributed by atoms with van der Waals surface area (Å²) < 4.78 is 35.3. The van der Waals surface area contributed by atoms with Gasteiger partial charge in [0.15, 0.2) is 11.5 Å². The lowest BCUT2D eigenvalue weighted by atomic mass is 9.79. The number of hydrogen-bond donors (Lipinski definition) is 1. The highest BCUT2D eigenvalue weighted by Crippen LogP contribution is 2.44. The monoisotopic (exact) mass is 508 g/mol. The molecule has 9 heteroatoms. The Morgan fingerprint density at radius 1 is 0.946 bits per heavy atom. The number of carbonyl (C=O) groups excluding carboxylic acids is 2. The summed E-state index contributed by atoms with van der Waals surface area (Å²) in [5.74, 6) is -0.624. The average molecular weight is 509 g/mol. The molecule has 2 atom stereocenters. The molecule has 0 aliphatic carbocycles. The van der Waals surface area contributed by atoms with Crippen molar-refractivity contribution in [1.29, 1.82) is 0 Å². The molecule has 1 aliphatic rings. The highest BCUT2D eigenvalue weighted by atomic mass is 19.1. The van der Waals surface area contributed by atoms with E-state index in [1.807, 2.05) is 0 Å². The Morgan fingerprint density at radius 2 is 1.59 bits per heavy atom. The van der Waals surface area contributed by atoms with Crippen molar-refractivity contribution >= 4 is 17.5 Å². The van der Waals surface area contributed by atoms with Gasteiger partial charge in [0.25, 0.3) is 5.91 Å². The molecule has 0 radical (unpaired) electrons. The van der Waals surface area contributed by atoms with Gasteiger partial charge in [-0.25, -0.2) is 4.39 Å². The molecule has 0 unspecified atom stereocenters. The third-order valence-corrected chi connectivity index (χ3v) is 6.40.